The van der Waals surface area contributed by atoms with Crippen molar-refractivity contribution in [3.05, 3.63) is 87.2 Å². The zero-order valence-corrected chi connectivity index (χ0v) is 17.6. The van der Waals surface area contributed by atoms with Crippen LogP contribution in [0.2, 0.25) is 5.02 Å². The van der Waals surface area contributed by atoms with Gasteiger partial charge in [-0.05, 0) is 80.8 Å². The highest BCUT2D eigenvalue weighted by Crippen LogP contribution is 2.24. The molecular formula is C24H22ClN3O. The topological polar surface area (TPSA) is 57.8 Å². The number of halogens is 1. The Balaban J connectivity index is 1.96. The van der Waals surface area contributed by atoms with Crippen LogP contribution in [0.25, 0.3) is 11.8 Å². The van der Waals surface area contributed by atoms with Crippen LogP contribution in [0.5, 0.6) is 0 Å². The number of carbonyl (C=O) groups is 1. The normalized spacial score (nSPS) is 11.2. The highest BCUT2D eigenvalue weighted by molar-refractivity contribution is 6.31. The van der Waals surface area contributed by atoms with Crippen LogP contribution in [0, 0.1) is 39.0 Å². The van der Waals surface area contributed by atoms with Gasteiger partial charge in [0.1, 0.15) is 11.6 Å². The fraction of sp³-hybridized carbons (Fsp3) is 0.167. The van der Waals surface area contributed by atoms with Crippen LogP contribution in [0.3, 0.4) is 0 Å². The number of amides is 1. The van der Waals surface area contributed by atoms with Gasteiger partial charge in [0.2, 0.25) is 0 Å². The van der Waals surface area contributed by atoms with Crippen molar-refractivity contribution in [3.8, 4) is 11.8 Å². The average Bonchev–Trinajstić information content (AvgIpc) is 2.95. The van der Waals surface area contributed by atoms with Crippen molar-refractivity contribution in [2.45, 2.75) is 27.7 Å². The second-order valence-electron chi connectivity index (χ2n) is 7.08. The Labute approximate surface area is 176 Å². The molecule has 5 heteroatoms. The predicted molar refractivity (Wildman–Crippen MR) is 118 cm³/mol. The summed E-state index contributed by atoms with van der Waals surface area (Å²) in [7, 11) is 0. The molecule has 0 atom stereocenters. The third-order valence-electron chi connectivity index (χ3n) is 4.84. The van der Waals surface area contributed by atoms with Crippen molar-refractivity contribution >= 4 is 29.3 Å². The molecule has 0 unspecified atom stereocenters. The summed E-state index contributed by atoms with van der Waals surface area (Å²) in [5.74, 6) is -0.460. The van der Waals surface area contributed by atoms with Crippen molar-refractivity contribution in [2.75, 3.05) is 5.32 Å². The van der Waals surface area contributed by atoms with Crippen LogP contribution in [-0.2, 0) is 4.79 Å². The summed E-state index contributed by atoms with van der Waals surface area (Å²) in [5, 5.41) is 12.9. The standard InChI is InChI=1S/C24H22ClN3O/c1-15-6-5-7-22(10-15)28-17(3)11-19(18(28)4)12-20(14-26)24(29)27-23-13-21(25)9-8-16(23)2/h5-13H,1-4H3,(H,27,29)/b20-12-. The first-order valence-corrected chi connectivity index (χ1v) is 9.63. The van der Waals surface area contributed by atoms with Gasteiger partial charge in [0.15, 0.2) is 0 Å². The summed E-state index contributed by atoms with van der Waals surface area (Å²) in [4.78, 5) is 12.7. The van der Waals surface area contributed by atoms with E-state index in [0.29, 0.717) is 10.7 Å². The van der Waals surface area contributed by atoms with Crippen molar-refractivity contribution in [1.82, 2.24) is 4.57 Å². The number of anilines is 1. The van der Waals surface area contributed by atoms with Crippen molar-refractivity contribution in [2.24, 2.45) is 0 Å². The molecule has 3 aromatic rings. The average molecular weight is 404 g/mol. The van der Waals surface area contributed by atoms with E-state index in [2.05, 4.69) is 28.9 Å². The van der Waals surface area contributed by atoms with E-state index in [1.807, 2.05) is 51.1 Å². The molecule has 0 saturated carbocycles. The first kappa shape index (κ1) is 20.4. The minimum Gasteiger partial charge on any atom is -0.321 e. The van der Waals surface area contributed by atoms with E-state index in [0.717, 1.165) is 28.2 Å². The van der Waals surface area contributed by atoms with E-state index < -0.39 is 5.91 Å². The summed E-state index contributed by atoms with van der Waals surface area (Å²) < 4.78 is 2.12. The molecule has 1 N–H and O–H groups in total. The van der Waals surface area contributed by atoms with Crippen molar-refractivity contribution in [3.63, 3.8) is 0 Å². The van der Waals surface area contributed by atoms with E-state index in [4.69, 9.17) is 11.6 Å². The molecule has 4 nitrogen and oxygen atoms in total. The molecule has 1 amide bonds. The first-order chi connectivity index (χ1) is 13.8. The van der Waals surface area contributed by atoms with Crippen LogP contribution in [0.4, 0.5) is 5.69 Å². The molecule has 0 aliphatic carbocycles. The molecule has 0 fully saturated rings. The number of aromatic nitrogens is 1. The Morgan fingerprint density at radius 2 is 1.86 bits per heavy atom. The van der Waals surface area contributed by atoms with E-state index in [-0.39, 0.29) is 5.57 Å². The molecule has 146 valence electrons. The molecule has 0 bridgehead atoms. The zero-order valence-electron chi connectivity index (χ0n) is 16.9. The minimum atomic E-state index is -0.460. The van der Waals surface area contributed by atoms with Gasteiger partial charge < -0.3 is 9.88 Å². The lowest BCUT2D eigenvalue weighted by Crippen LogP contribution is -2.14. The number of rotatable bonds is 4. The van der Waals surface area contributed by atoms with Crippen molar-refractivity contribution < 1.29 is 4.79 Å². The van der Waals surface area contributed by atoms with Crippen LogP contribution in [0.1, 0.15) is 28.1 Å². The second kappa shape index (κ2) is 8.38. The van der Waals surface area contributed by atoms with Gasteiger partial charge in [-0.25, -0.2) is 0 Å². The van der Waals surface area contributed by atoms with Crippen LogP contribution < -0.4 is 5.32 Å². The molecule has 1 aromatic heterocycles. The summed E-state index contributed by atoms with van der Waals surface area (Å²) in [6.07, 6.45) is 1.63. The summed E-state index contributed by atoms with van der Waals surface area (Å²) in [5.41, 5.74) is 6.55. The summed E-state index contributed by atoms with van der Waals surface area (Å²) in [6.45, 7) is 7.91. The van der Waals surface area contributed by atoms with Gasteiger partial charge in [0.25, 0.3) is 5.91 Å². The van der Waals surface area contributed by atoms with Crippen LogP contribution >= 0.6 is 11.6 Å². The lowest BCUT2D eigenvalue weighted by atomic mass is 10.1. The van der Waals surface area contributed by atoms with Gasteiger partial charge in [0, 0.05) is 27.8 Å². The second-order valence-corrected chi connectivity index (χ2v) is 7.52. The van der Waals surface area contributed by atoms with Gasteiger partial charge in [-0.2, -0.15) is 5.26 Å². The van der Waals surface area contributed by atoms with E-state index in [9.17, 15) is 10.1 Å². The van der Waals surface area contributed by atoms with Crippen LogP contribution in [0.15, 0.2) is 54.1 Å². The Morgan fingerprint density at radius 1 is 1.10 bits per heavy atom. The maximum absolute atomic E-state index is 12.7. The maximum atomic E-state index is 12.7. The Bertz CT molecular complexity index is 1170. The largest absolute Gasteiger partial charge is 0.321 e. The molecule has 0 saturated heterocycles. The van der Waals surface area contributed by atoms with Crippen LogP contribution in [-0.4, -0.2) is 10.5 Å². The Kier molecular flexibility index (Phi) is 5.91. The van der Waals surface area contributed by atoms with Crippen molar-refractivity contribution in [1.29, 1.82) is 5.26 Å². The molecular weight excluding hydrogens is 382 g/mol. The minimum absolute atomic E-state index is 0.0360. The number of aryl methyl sites for hydroxylation is 3. The number of carbonyl (C=O) groups excluding carboxylic acids is 1. The van der Waals surface area contributed by atoms with Gasteiger partial charge >= 0.3 is 0 Å². The van der Waals surface area contributed by atoms with Gasteiger partial charge in [-0.15, -0.1) is 0 Å². The number of nitriles is 1. The number of nitrogens with zero attached hydrogens (tertiary/aromatic N) is 2. The number of hydrogen-bond acceptors (Lipinski definition) is 2. The van der Waals surface area contributed by atoms with Gasteiger partial charge in [-0.3, -0.25) is 4.79 Å². The monoisotopic (exact) mass is 403 g/mol. The predicted octanol–water partition coefficient (Wildman–Crippen LogP) is 5.91. The number of nitrogens with one attached hydrogen (secondary N) is 1. The molecule has 0 aliphatic rings. The number of benzene rings is 2. The van der Waals surface area contributed by atoms with E-state index in [1.165, 1.54) is 5.56 Å². The highest BCUT2D eigenvalue weighted by atomic mass is 35.5. The molecule has 0 radical (unpaired) electrons. The fourth-order valence-electron chi connectivity index (χ4n) is 3.32. The lowest BCUT2D eigenvalue weighted by molar-refractivity contribution is -0.112. The third-order valence-corrected chi connectivity index (χ3v) is 5.08. The van der Waals surface area contributed by atoms with Gasteiger partial charge in [0.05, 0.1) is 0 Å². The van der Waals surface area contributed by atoms with E-state index in [1.54, 1.807) is 18.2 Å². The molecule has 2 aromatic carbocycles. The molecule has 3 rings (SSSR count). The smallest absolute Gasteiger partial charge is 0.266 e. The quantitative estimate of drug-likeness (QED) is 0.434. The van der Waals surface area contributed by atoms with E-state index >= 15 is 0 Å². The third kappa shape index (κ3) is 4.42. The first-order valence-electron chi connectivity index (χ1n) is 9.25. The molecule has 29 heavy (non-hydrogen) atoms. The molecule has 1 heterocycles. The Hall–Kier alpha value is -3.29. The molecule has 0 aliphatic heterocycles. The SMILES string of the molecule is Cc1cccc(-n2c(C)cc(/C=C(/C#N)C(=O)Nc3cc(Cl)ccc3C)c2C)c1. The Morgan fingerprint density at radius 3 is 2.55 bits per heavy atom. The summed E-state index contributed by atoms with van der Waals surface area (Å²) >= 11 is 6.02. The van der Waals surface area contributed by atoms with Gasteiger partial charge in [-0.1, -0.05) is 29.8 Å². The highest BCUT2D eigenvalue weighted by Gasteiger charge is 2.15. The molecule has 0 spiro atoms. The lowest BCUT2D eigenvalue weighted by Gasteiger charge is -2.10. The zero-order chi connectivity index (χ0) is 21.1. The fourth-order valence-corrected chi connectivity index (χ4v) is 3.49. The maximum Gasteiger partial charge on any atom is 0.266 e. The number of hydrogen-bond donors (Lipinski definition) is 1. The summed E-state index contributed by atoms with van der Waals surface area (Å²) in [6, 6.07) is 17.5.